The minimum absolute atomic E-state index is 0.0392. The third kappa shape index (κ3) is 3.31. The summed E-state index contributed by atoms with van der Waals surface area (Å²) in [6, 6.07) is 8.97. The molecule has 1 spiro atoms. The van der Waals surface area contributed by atoms with Gasteiger partial charge in [0, 0.05) is 32.0 Å². The van der Waals surface area contributed by atoms with Crippen LogP contribution in [0.25, 0.3) is 0 Å². The highest BCUT2D eigenvalue weighted by atomic mass is 19.1. The molecular formula is C19H23FN4O. The summed E-state index contributed by atoms with van der Waals surface area (Å²) in [6.07, 6.45) is 6.40. The molecule has 25 heavy (non-hydrogen) atoms. The second-order valence-corrected chi connectivity index (χ2v) is 6.99. The molecule has 132 valence electrons. The van der Waals surface area contributed by atoms with Gasteiger partial charge in [-0.1, -0.05) is 0 Å². The number of hydrogen-bond acceptors (Lipinski definition) is 5. The number of rotatable bonds is 3. The predicted octanol–water partition coefficient (Wildman–Crippen LogP) is 2.88. The fourth-order valence-electron chi connectivity index (χ4n) is 3.92. The number of nitrogens with zero attached hydrogens (tertiary/aromatic N) is 4. The van der Waals surface area contributed by atoms with Crippen molar-refractivity contribution in [3.63, 3.8) is 0 Å². The van der Waals surface area contributed by atoms with E-state index in [1.807, 2.05) is 18.2 Å². The molecule has 0 bridgehead atoms. The molecule has 0 N–H and O–H groups in total. The van der Waals surface area contributed by atoms with E-state index in [0.717, 1.165) is 50.5 Å². The molecular weight excluding hydrogens is 319 g/mol. The van der Waals surface area contributed by atoms with E-state index in [0.29, 0.717) is 6.04 Å². The van der Waals surface area contributed by atoms with Crippen molar-refractivity contribution in [2.24, 2.45) is 0 Å². The smallest absolute Gasteiger partial charge is 0.131 e. The zero-order chi connectivity index (χ0) is 17.3. The van der Waals surface area contributed by atoms with E-state index in [2.05, 4.69) is 26.8 Å². The highest BCUT2D eigenvalue weighted by Gasteiger charge is 2.44. The lowest BCUT2D eigenvalue weighted by Gasteiger charge is -2.39. The summed E-state index contributed by atoms with van der Waals surface area (Å²) in [7, 11) is 2.07. The van der Waals surface area contributed by atoms with E-state index in [9.17, 15) is 4.39 Å². The molecule has 3 heterocycles. The second-order valence-electron chi connectivity index (χ2n) is 6.99. The Kier molecular flexibility index (Phi) is 4.29. The topological polar surface area (TPSA) is 41.5 Å². The van der Waals surface area contributed by atoms with E-state index < -0.39 is 0 Å². The van der Waals surface area contributed by atoms with Gasteiger partial charge < -0.3 is 14.5 Å². The lowest BCUT2D eigenvalue weighted by Crippen LogP contribution is -2.45. The minimum atomic E-state index is -0.201. The summed E-state index contributed by atoms with van der Waals surface area (Å²) in [5, 5.41) is 0. The van der Waals surface area contributed by atoms with Crippen LogP contribution in [0.4, 0.5) is 15.9 Å². The first-order valence-electron chi connectivity index (χ1n) is 8.79. The number of likely N-dealkylation sites (N-methyl/N-ethyl adjacent to an activating group) is 1. The van der Waals surface area contributed by atoms with Gasteiger partial charge in [0.25, 0.3) is 0 Å². The highest BCUT2D eigenvalue weighted by molar-refractivity contribution is 5.47. The minimum Gasteiger partial charge on any atom is -0.373 e. The molecule has 0 radical (unpaired) electrons. The zero-order valence-electron chi connectivity index (χ0n) is 14.4. The van der Waals surface area contributed by atoms with Gasteiger partial charge in [-0.05, 0) is 49.6 Å². The second kappa shape index (κ2) is 6.59. The molecule has 1 aromatic heterocycles. The van der Waals surface area contributed by atoms with Gasteiger partial charge >= 0.3 is 0 Å². The monoisotopic (exact) mass is 342 g/mol. The molecule has 0 aliphatic carbocycles. The number of anilines is 2. The average Bonchev–Trinajstić information content (AvgIpc) is 3.07. The molecule has 2 fully saturated rings. The third-order valence-corrected chi connectivity index (χ3v) is 5.54. The number of piperidine rings is 1. The standard InChI is InChI=1S/C19H23FN4O/c1-23(16-4-2-15(20)3-5-16)17-12-19(25-13-17)7-10-24(11-8-19)18-6-9-21-14-22-18/h2-6,9,14,17H,7-8,10-13H2,1H3/t17-/m1/s1. The van der Waals surface area contributed by atoms with Crippen LogP contribution in [0.3, 0.4) is 0 Å². The van der Waals surface area contributed by atoms with Crippen LogP contribution in [0.1, 0.15) is 19.3 Å². The van der Waals surface area contributed by atoms with Crippen molar-refractivity contribution in [2.75, 3.05) is 36.5 Å². The molecule has 0 amide bonds. The maximum atomic E-state index is 13.1. The fraction of sp³-hybridized carbons (Fsp3) is 0.474. The van der Waals surface area contributed by atoms with Crippen LogP contribution >= 0.6 is 0 Å². The van der Waals surface area contributed by atoms with Crippen molar-refractivity contribution >= 4 is 11.5 Å². The van der Waals surface area contributed by atoms with Gasteiger partial charge in [-0.2, -0.15) is 0 Å². The molecule has 1 aromatic carbocycles. The van der Waals surface area contributed by atoms with Gasteiger partial charge in [0.2, 0.25) is 0 Å². The van der Waals surface area contributed by atoms with Crippen molar-refractivity contribution in [1.82, 2.24) is 9.97 Å². The summed E-state index contributed by atoms with van der Waals surface area (Å²) in [6.45, 7) is 2.62. The van der Waals surface area contributed by atoms with Crippen LogP contribution < -0.4 is 9.80 Å². The van der Waals surface area contributed by atoms with E-state index in [4.69, 9.17) is 4.74 Å². The Morgan fingerprint density at radius 1 is 1.20 bits per heavy atom. The Balaban J connectivity index is 1.38. The highest BCUT2D eigenvalue weighted by Crippen LogP contribution is 2.39. The molecule has 0 saturated carbocycles. The largest absolute Gasteiger partial charge is 0.373 e. The quantitative estimate of drug-likeness (QED) is 0.858. The van der Waals surface area contributed by atoms with Gasteiger partial charge in [0.05, 0.1) is 18.2 Å². The van der Waals surface area contributed by atoms with Gasteiger partial charge in [0.1, 0.15) is 18.0 Å². The van der Waals surface area contributed by atoms with E-state index in [-0.39, 0.29) is 11.4 Å². The third-order valence-electron chi connectivity index (χ3n) is 5.54. The first-order valence-corrected chi connectivity index (χ1v) is 8.79. The van der Waals surface area contributed by atoms with Crippen molar-refractivity contribution in [1.29, 1.82) is 0 Å². The zero-order valence-corrected chi connectivity index (χ0v) is 14.4. The Labute approximate surface area is 147 Å². The summed E-state index contributed by atoms with van der Waals surface area (Å²) in [4.78, 5) is 12.8. The van der Waals surface area contributed by atoms with Crippen LogP contribution in [-0.4, -0.2) is 48.4 Å². The molecule has 2 aliphatic rings. The number of hydrogen-bond donors (Lipinski definition) is 0. The van der Waals surface area contributed by atoms with E-state index in [1.54, 1.807) is 12.5 Å². The SMILES string of the molecule is CN(c1ccc(F)cc1)[C@H]1COC2(CCN(c3ccncn3)CC2)C1. The molecule has 0 unspecified atom stereocenters. The molecule has 5 nitrogen and oxygen atoms in total. The van der Waals surface area contributed by atoms with Crippen molar-refractivity contribution < 1.29 is 9.13 Å². The summed E-state index contributed by atoms with van der Waals surface area (Å²) >= 11 is 0. The van der Waals surface area contributed by atoms with Gasteiger partial charge in [0.15, 0.2) is 0 Å². The Hall–Kier alpha value is -2.21. The molecule has 2 aliphatic heterocycles. The summed E-state index contributed by atoms with van der Waals surface area (Å²) < 4.78 is 19.4. The van der Waals surface area contributed by atoms with Gasteiger partial charge in [-0.3, -0.25) is 0 Å². The van der Waals surface area contributed by atoms with Gasteiger partial charge in [-0.15, -0.1) is 0 Å². The van der Waals surface area contributed by atoms with Crippen LogP contribution in [0.15, 0.2) is 42.9 Å². The Bertz CT molecular complexity index is 701. The molecule has 2 saturated heterocycles. The van der Waals surface area contributed by atoms with Crippen LogP contribution in [-0.2, 0) is 4.74 Å². The maximum absolute atomic E-state index is 13.1. The maximum Gasteiger partial charge on any atom is 0.131 e. The van der Waals surface area contributed by atoms with Crippen LogP contribution in [0, 0.1) is 5.82 Å². The van der Waals surface area contributed by atoms with Gasteiger partial charge in [-0.25, -0.2) is 14.4 Å². The summed E-state index contributed by atoms with van der Waals surface area (Å²) in [5.74, 6) is 0.788. The van der Waals surface area contributed by atoms with E-state index in [1.165, 1.54) is 12.1 Å². The number of benzene rings is 1. The first-order chi connectivity index (χ1) is 12.2. The average molecular weight is 342 g/mol. The van der Waals surface area contributed by atoms with Crippen LogP contribution in [0.5, 0.6) is 0 Å². The van der Waals surface area contributed by atoms with Crippen molar-refractivity contribution in [3.05, 3.63) is 48.7 Å². The molecule has 6 heteroatoms. The van der Waals surface area contributed by atoms with E-state index >= 15 is 0 Å². The Morgan fingerprint density at radius 3 is 2.64 bits per heavy atom. The molecule has 4 rings (SSSR count). The molecule has 1 atom stereocenters. The van der Waals surface area contributed by atoms with Crippen molar-refractivity contribution in [2.45, 2.75) is 30.9 Å². The summed E-state index contributed by atoms with van der Waals surface area (Å²) in [5.41, 5.74) is 0.994. The van der Waals surface area contributed by atoms with Crippen molar-refractivity contribution in [3.8, 4) is 0 Å². The normalized spacial score (nSPS) is 22.3. The molecule has 2 aromatic rings. The van der Waals surface area contributed by atoms with Crippen LogP contribution in [0.2, 0.25) is 0 Å². The predicted molar refractivity (Wildman–Crippen MR) is 95.4 cm³/mol. The number of halogens is 1. The fourth-order valence-corrected chi connectivity index (χ4v) is 3.92. The lowest BCUT2D eigenvalue weighted by atomic mass is 9.87. The first kappa shape index (κ1) is 16.3. The number of ether oxygens (including phenoxy) is 1. The Morgan fingerprint density at radius 2 is 1.96 bits per heavy atom. The number of aromatic nitrogens is 2. The lowest BCUT2D eigenvalue weighted by molar-refractivity contribution is -0.0149.